The maximum Gasteiger partial charge on any atom is 0.145 e. The van der Waals surface area contributed by atoms with Gasteiger partial charge in [0.1, 0.15) is 11.2 Å². The van der Waals surface area contributed by atoms with E-state index in [1.54, 1.807) is 0 Å². The van der Waals surface area contributed by atoms with Gasteiger partial charge in [0.15, 0.2) is 0 Å². The van der Waals surface area contributed by atoms with Gasteiger partial charge in [0.25, 0.3) is 0 Å². The van der Waals surface area contributed by atoms with Crippen LogP contribution in [-0.4, -0.2) is 0 Å². The quantitative estimate of drug-likeness (QED) is 0.136. The first kappa shape index (κ1) is 46.4. The molecule has 13 aromatic rings. The van der Waals surface area contributed by atoms with Crippen LogP contribution in [-0.2, 0) is 10.8 Å². The second kappa shape index (κ2) is 18.4. The van der Waals surface area contributed by atoms with Crippen molar-refractivity contribution in [2.24, 2.45) is 0 Å². The van der Waals surface area contributed by atoms with Gasteiger partial charge < -0.3 is 14.2 Å². The molecule has 3 heteroatoms. The SMILES string of the molecule is CC1(C)c2ccccc2-c2ccc(N(c3ccc4c(c3)C(c3ccccc3)(c3ccccc3)c3cc(N(c5ccccc5)c5ccccc5-c5ccccc5)c5c(oc6ccccc65)c3-4)c3ccccc3-c3ccccc3)cc21. The van der Waals surface area contributed by atoms with Crippen molar-refractivity contribution in [2.45, 2.75) is 24.7 Å². The molecule has 0 saturated heterocycles. The van der Waals surface area contributed by atoms with E-state index in [-0.39, 0.29) is 5.41 Å². The number of hydrogen-bond donors (Lipinski definition) is 0. The molecule has 12 aromatic carbocycles. The average Bonchev–Trinajstić information content (AvgIpc) is 4.14. The largest absolute Gasteiger partial charge is 0.455 e. The third-order valence-electron chi connectivity index (χ3n) is 16.9. The summed E-state index contributed by atoms with van der Waals surface area (Å²) in [4.78, 5) is 4.98. The highest BCUT2D eigenvalue weighted by Crippen LogP contribution is 2.62. The topological polar surface area (TPSA) is 19.6 Å². The Morgan fingerprint density at radius 2 is 0.785 bits per heavy atom. The second-order valence-corrected chi connectivity index (χ2v) is 21.5. The van der Waals surface area contributed by atoms with Crippen LogP contribution in [0.4, 0.5) is 34.1 Å². The molecule has 1 heterocycles. The Bertz CT molecular complexity index is 4410. The third-order valence-corrected chi connectivity index (χ3v) is 16.9. The zero-order valence-corrected chi connectivity index (χ0v) is 44.0. The van der Waals surface area contributed by atoms with Gasteiger partial charge in [-0.3, -0.25) is 0 Å². The maximum atomic E-state index is 7.43. The molecule has 0 fully saturated rings. The highest BCUT2D eigenvalue weighted by Gasteiger charge is 2.49. The molecule has 2 aliphatic carbocycles. The summed E-state index contributed by atoms with van der Waals surface area (Å²) >= 11 is 0. The number of benzene rings is 12. The van der Waals surface area contributed by atoms with Crippen LogP contribution in [0.3, 0.4) is 0 Å². The van der Waals surface area contributed by atoms with Gasteiger partial charge in [-0.1, -0.05) is 244 Å². The fourth-order valence-corrected chi connectivity index (χ4v) is 13.4. The smallest absolute Gasteiger partial charge is 0.145 e. The van der Waals surface area contributed by atoms with Crippen molar-refractivity contribution in [3.05, 3.63) is 325 Å². The molecule has 0 amide bonds. The fraction of sp³-hybridized carbons (Fsp3) is 0.0526. The molecule has 0 unspecified atom stereocenters. The molecule has 0 atom stereocenters. The molecule has 0 saturated carbocycles. The summed E-state index contributed by atoms with van der Waals surface area (Å²) in [7, 11) is 0. The van der Waals surface area contributed by atoms with Crippen molar-refractivity contribution in [2.75, 3.05) is 9.80 Å². The van der Waals surface area contributed by atoms with Crippen molar-refractivity contribution in [3.63, 3.8) is 0 Å². The maximum absolute atomic E-state index is 7.43. The zero-order valence-electron chi connectivity index (χ0n) is 44.0. The van der Waals surface area contributed by atoms with Gasteiger partial charge in [-0.25, -0.2) is 0 Å². The minimum absolute atomic E-state index is 0.202. The third kappa shape index (κ3) is 7.13. The van der Waals surface area contributed by atoms with Crippen molar-refractivity contribution in [3.8, 4) is 44.5 Å². The molecule has 2 aliphatic rings. The molecule has 0 radical (unpaired) electrons. The molecular weight excluding hydrogens is 957 g/mol. The molecular formula is C76H54N2O. The van der Waals surface area contributed by atoms with Crippen LogP contribution in [0.25, 0.3) is 66.4 Å². The van der Waals surface area contributed by atoms with Crippen LogP contribution >= 0.6 is 0 Å². The summed E-state index contributed by atoms with van der Waals surface area (Å²) in [5.41, 5.74) is 23.9. The van der Waals surface area contributed by atoms with E-state index in [1.165, 1.54) is 38.9 Å². The molecule has 79 heavy (non-hydrogen) atoms. The number of rotatable bonds is 10. The minimum Gasteiger partial charge on any atom is -0.455 e. The lowest BCUT2D eigenvalue weighted by molar-refractivity contribution is 0.660. The lowest BCUT2D eigenvalue weighted by Gasteiger charge is -2.36. The molecule has 3 nitrogen and oxygen atoms in total. The van der Waals surface area contributed by atoms with E-state index in [0.717, 1.165) is 95.0 Å². The summed E-state index contributed by atoms with van der Waals surface area (Å²) in [5.74, 6) is 0. The van der Waals surface area contributed by atoms with Gasteiger partial charge in [-0.15, -0.1) is 0 Å². The van der Waals surface area contributed by atoms with Gasteiger partial charge >= 0.3 is 0 Å². The fourth-order valence-electron chi connectivity index (χ4n) is 13.4. The van der Waals surface area contributed by atoms with Gasteiger partial charge in [0.05, 0.1) is 27.9 Å². The van der Waals surface area contributed by atoms with Crippen LogP contribution in [0.5, 0.6) is 0 Å². The monoisotopic (exact) mass is 1010 g/mol. The van der Waals surface area contributed by atoms with E-state index in [0.29, 0.717) is 0 Å². The number of anilines is 6. The Kier molecular flexibility index (Phi) is 10.8. The molecule has 374 valence electrons. The summed E-state index contributed by atoms with van der Waals surface area (Å²) in [6, 6.07) is 107. The highest BCUT2D eigenvalue weighted by atomic mass is 16.3. The number of furan rings is 1. The molecule has 0 spiro atoms. The van der Waals surface area contributed by atoms with Gasteiger partial charge in [-0.05, 0) is 122 Å². The molecule has 0 N–H and O–H groups in total. The summed E-state index contributed by atoms with van der Waals surface area (Å²) in [6.45, 7) is 4.74. The first-order chi connectivity index (χ1) is 39.0. The van der Waals surface area contributed by atoms with E-state index in [2.05, 4.69) is 315 Å². The van der Waals surface area contributed by atoms with Crippen molar-refractivity contribution < 1.29 is 4.42 Å². The number of nitrogens with zero attached hydrogens (tertiary/aromatic N) is 2. The van der Waals surface area contributed by atoms with Gasteiger partial charge in [0.2, 0.25) is 0 Å². The van der Waals surface area contributed by atoms with Crippen LogP contribution in [0.15, 0.2) is 296 Å². The Labute approximate surface area is 461 Å². The van der Waals surface area contributed by atoms with E-state index < -0.39 is 5.41 Å². The number of fused-ring (bicyclic) bond motifs is 10. The number of para-hydroxylation sites is 4. The zero-order chi connectivity index (χ0) is 52.7. The molecule has 1 aromatic heterocycles. The number of hydrogen-bond acceptors (Lipinski definition) is 3. The molecule has 0 aliphatic heterocycles. The van der Waals surface area contributed by atoms with Crippen LogP contribution < -0.4 is 9.80 Å². The van der Waals surface area contributed by atoms with Crippen molar-refractivity contribution in [1.29, 1.82) is 0 Å². The van der Waals surface area contributed by atoms with Crippen molar-refractivity contribution in [1.82, 2.24) is 0 Å². The minimum atomic E-state index is -0.821. The predicted molar refractivity (Wildman–Crippen MR) is 329 cm³/mol. The standard InChI is InChI=1S/C76H54N2O/c1-75(2)64-40-22-18-38-60(64)61-46-44-56(48-65(61)75)77(68-41-23-19-36-58(68)51-26-8-3-9-27-51)57-45-47-62-66(49-57)76(53-30-12-5-13-31-53,54-32-14-6-15-33-54)67-50-70(73-63-39-21-25-43-71(63)79-74(73)72(62)67)78(55-34-16-7-17-35-55)69-42-24-20-37-59(69)52-28-10-4-11-29-52/h3-50H,1-2H3. The summed E-state index contributed by atoms with van der Waals surface area (Å²) in [5, 5.41) is 2.13. The Morgan fingerprint density at radius 3 is 1.41 bits per heavy atom. The van der Waals surface area contributed by atoms with Crippen LogP contribution in [0.2, 0.25) is 0 Å². The van der Waals surface area contributed by atoms with E-state index in [4.69, 9.17) is 4.42 Å². The summed E-state index contributed by atoms with van der Waals surface area (Å²) in [6.07, 6.45) is 0. The Balaban J connectivity index is 1.06. The van der Waals surface area contributed by atoms with E-state index in [9.17, 15) is 0 Å². The average molecular weight is 1010 g/mol. The van der Waals surface area contributed by atoms with Crippen LogP contribution in [0, 0.1) is 0 Å². The molecule has 15 rings (SSSR count). The van der Waals surface area contributed by atoms with E-state index >= 15 is 0 Å². The molecule has 0 bridgehead atoms. The summed E-state index contributed by atoms with van der Waals surface area (Å²) < 4.78 is 7.43. The van der Waals surface area contributed by atoms with Crippen molar-refractivity contribution >= 4 is 56.1 Å². The van der Waals surface area contributed by atoms with Crippen LogP contribution in [0.1, 0.15) is 47.2 Å². The normalized spacial score (nSPS) is 13.4. The second-order valence-electron chi connectivity index (χ2n) is 21.5. The first-order valence-electron chi connectivity index (χ1n) is 27.4. The first-order valence-corrected chi connectivity index (χ1v) is 27.4. The Hall–Kier alpha value is -9.96. The predicted octanol–water partition coefficient (Wildman–Crippen LogP) is 20.5. The van der Waals surface area contributed by atoms with E-state index in [1.807, 2.05) is 0 Å². The van der Waals surface area contributed by atoms with Gasteiger partial charge in [0, 0.05) is 44.6 Å². The highest BCUT2D eigenvalue weighted by molar-refractivity contribution is 6.20. The Morgan fingerprint density at radius 1 is 0.316 bits per heavy atom. The lowest BCUT2D eigenvalue weighted by atomic mass is 9.67. The van der Waals surface area contributed by atoms with Gasteiger partial charge in [-0.2, -0.15) is 0 Å². The lowest BCUT2D eigenvalue weighted by Crippen LogP contribution is -2.29.